The molecule has 0 aromatic heterocycles. The number of hydrogen-bond donors (Lipinski definition) is 2. The first-order valence-electron chi connectivity index (χ1n) is 7.93. The molecule has 118 valence electrons. The zero-order valence-electron chi connectivity index (χ0n) is 13.2. The van der Waals surface area contributed by atoms with Crippen molar-refractivity contribution in [1.29, 1.82) is 0 Å². The van der Waals surface area contributed by atoms with Crippen molar-refractivity contribution in [3.05, 3.63) is 29.8 Å². The molecular formula is C17H28NO3+. The fourth-order valence-electron chi connectivity index (χ4n) is 3.05. The van der Waals surface area contributed by atoms with Gasteiger partial charge in [-0.2, -0.15) is 0 Å². The standard InChI is InChI=1S/C17H27NO3/c1-14-7-5-6-10-18(14)11-16(19)13-21-12-15-8-3-4-9-17(15)20-2/h3-4,8-9,14,16,19H,5-7,10-13H2,1-2H3/p+1/t14-,16-/m0/s1. The molecule has 2 rings (SSSR count). The quantitative estimate of drug-likeness (QED) is 0.789. The molecule has 1 aliphatic rings. The number of hydrogen-bond acceptors (Lipinski definition) is 3. The summed E-state index contributed by atoms with van der Waals surface area (Å²) in [6.45, 7) is 5.09. The van der Waals surface area contributed by atoms with Crippen LogP contribution in [0.3, 0.4) is 0 Å². The van der Waals surface area contributed by atoms with E-state index in [0.29, 0.717) is 19.3 Å². The Kier molecular flexibility index (Phi) is 6.49. The number of para-hydroxylation sites is 1. The summed E-state index contributed by atoms with van der Waals surface area (Å²) in [5.41, 5.74) is 1.02. The number of benzene rings is 1. The number of likely N-dealkylation sites (tertiary alicyclic amines) is 1. The van der Waals surface area contributed by atoms with Gasteiger partial charge in [-0.05, 0) is 32.3 Å². The van der Waals surface area contributed by atoms with Crippen LogP contribution in [0, 0.1) is 0 Å². The second kappa shape index (κ2) is 8.37. The van der Waals surface area contributed by atoms with Crippen LogP contribution in [0.25, 0.3) is 0 Å². The molecule has 0 bridgehead atoms. The lowest BCUT2D eigenvalue weighted by molar-refractivity contribution is -0.931. The number of aliphatic hydroxyl groups excluding tert-OH is 1. The van der Waals surface area contributed by atoms with Crippen molar-refractivity contribution in [2.45, 2.75) is 44.9 Å². The zero-order chi connectivity index (χ0) is 15.1. The molecule has 4 nitrogen and oxygen atoms in total. The predicted octanol–water partition coefficient (Wildman–Crippen LogP) is 1.03. The fraction of sp³-hybridized carbons (Fsp3) is 0.647. The number of piperidine rings is 1. The highest BCUT2D eigenvalue weighted by molar-refractivity contribution is 5.32. The minimum Gasteiger partial charge on any atom is -0.496 e. The smallest absolute Gasteiger partial charge is 0.126 e. The predicted molar refractivity (Wildman–Crippen MR) is 82.7 cm³/mol. The summed E-state index contributed by atoms with van der Waals surface area (Å²) in [6.07, 6.45) is 3.47. The fourth-order valence-corrected chi connectivity index (χ4v) is 3.05. The Bertz CT molecular complexity index is 424. The molecule has 0 saturated carbocycles. The van der Waals surface area contributed by atoms with Gasteiger partial charge in [-0.3, -0.25) is 0 Å². The van der Waals surface area contributed by atoms with Crippen molar-refractivity contribution in [3.63, 3.8) is 0 Å². The van der Waals surface area contributed by atoms with Gasteiger partial charge in [-0.15, -0.1) is 0 Å². The van der Waals surface area contributed by atoms with Crippen molar-refractivity contribution in [1.82, 2.24) is 0 Å². The Morgan fingerprint density at radius 1 is 1.33 bits per heavy atom. The SMILES string of the molecule is COc1ccccc1COC[C@@H](O)C[NH+]1CCCC[C@@H]1C. The van der Waals surface area contributed by atoms with E-state index in [9.17, 15) is 5.11 Å². The van der Waals surface area contributed by atoms with Crippen molar-refractivity contribution in [2.24, 2.45) is 0 Å². The lowest BCUT2D eigenvalue weighted by Gasteiger charge is -2.31. The van der Waals surface area contributed by atoms with Crippen LogP contribution in [0.1, 0.15) is 31.7 Å². The topological polar surface area (TPSA) is 43.1 Å². The Labute approximate surface area is 127 Å². The summed E-state index contributed by atoms with van der Waals surface area (Å²) in [7, 11) is 1.66. The summed E-state index contributed by atoms with van der Waals surface area (Å²) < 4.78 is 10.9. The number of nitrogens with one attached hydrogen (secondary N) is 1. The molecule has 1 unspecified atom stereocenters. The van der Waals surface area contributed by atoms with Crippen molar-refractivity contribution in [2.75, 3.05) is 26.8 Å². The van der Waals surface area contributed by atoms with Crippen molar-refractivity contribution in [3.8, 4) is 5.75 Å². The zero-order valence-corrected chi connectivity index (χ0v) is 13.2. The molecule has 1 heterocycles. The maximum absolute atomic E-state index is 10.1. The van der Waals surface area contributed by atoms with Gasteiger partial charge in [-0.1, -0.05) is 18.2 Å². The molecule has 4 heteroatoms. The Hall–Kier alpha value is -1.10. The van der Waals surface area contributed by atoms with E-state index in [1.165, 1.54) is 30.7 Å². The normalized spacial score (nSPS) is 23.8. The summed E-state index contributed by atoms with van der Waals surface area (Å²) in [5.74, 6) is 0.835. The van der Waals surface area contributed by atoms with E-state index in [1.54, 1.807) is 7.11 Å². The second-order valence-corrected chi connectivity index (χ2v) is 5.99. The monoisotopic (exact) mass is 294 g/mol. The average Bonchev–Trinajstić information content (AvgIpc) is 2.50. The number of rotatable bonds is 7. The van der Waals surface area contributed by atoms with Crippen LogP contribution >= 0.6 is 0 Å². The maximum atomic E-state index is 10.1. The Balaban J connectivity index is 1.72. The number of ether oxygens (including phenoxy) is 2. The Morgan fingerprint density at radius 3 is 2.90 bits per heavy atom. The molecule has 21 heavy (non-hydrogen) atoms. The molecule has 1 saturated heterocycles. The van der Waals surface area contributed by atoms with Gasteiger partial charge < -0.3 is 19.5 Å². The highest BCUT2D eigenvalue weighted by Gasteiger charge is 2.24. The summed E-state index contributed by atoms with van der Waals surface area (Å²) in [6, 6.07) is 8.48. The minimum absolute atomic E-state index is 0.383. The number of aliphatic hydroxyl groups is 1. The van der Waals surface area contributed by atoms with Crippen LogP contribution in [-0.2, 0) is 11.3 Å². The second-order valence-electron chi connectivity index (χ2n) is 5.99. The molecule has 0 spiro atoms. The molecule has 2 N–H and O–H groups in total. The third kappa shape index (κ3) is 4.99. The lowest BCUT2D eigenvalue weighted by Crippen LogP contribution is -3.17. The van der Waals surface area contributed by atoms with Crippen LogP contribution in [-0.4, -0.2) is 44.1 Å². The summed E-state index contributed by atoms with van der Waals surface area (Å²) in [5, 5.41) is 10.1. The van der Waals surface area contributed by atoms with E-state index >= 15 is 0 Å². The van der Waals surface area contributed by atoms with E-state index in [-0.39, 0.29) is 0 Å². The molecule has 1 fully saturated rings. The van der Waals surface area contributed by atoms with Gasteiger partial charge in [0.15, 0.2) is 0 Å². The van der Waals surface area contributed by atoms with Crippen molar-refractivity contribution < 1.29 is 19.5 Å². The third-order valence-corrected chi connectivity index (χ3v) is 4.34. The molecule has 3 atom stereocenters. The molecule has 0 radical (unpaired) electrons. The van der Waals surface area contributed by atoms with Gasteiger partial charge >= 0.3 is 0 Å². The summed E-state index contributed by atoms with van der Waals surface area (Å²) in [4.78, 5) is 1.51. The molecular weight excluding hydrogens is 266 g/mol. The highest BCUT2D eigenvalue weighted by atomic mass is 16.5. The molecule has 1 aliphatic heterocycles. The van der Waals surface area contributed by atoms with Gasteiger partial charge in [-0.25, -0.2) is 0 Å². The molecule has 1 aromatic carbocycles. The first-order chi connectivity index (χ1) is 10.2. The molecule has 0 aliphatic carbocycles. The minimum atomic E-state index is -0.393. The number of methoxy groups -OCH3 is 1. The van der Waals surface area contributed by atoms with Crippen LogP contribution in [0.4, 0.5) is 0 Å². The summed E-state index contributed by atoms with van der Waals surface area (Å²) >= 11 is 0. The van der Waals surface area contributed by atoms with E-state index in [4.69, 9.17) is 9.47 Å². The number of quaternary nitrogens is 1. The molecule has 0 amide bonds. The third-order valence-electron chi connectivity index (χ3n) is 4.34. The van der Waals surface area contributed by atoms with Crippen LogP contribution in [0.15, 0.2) is 24.3 Å². The average molecular weight is 294 g/mol. The van der Waals surface area contributed by atoms with Crippen LogP contribution in [0.2, 0.25) is 0 Å². The van der Waals surface area contributed by atoms with Crippen molar-refractivity contribution >= 4 is 0 Å². The van der Waals surface area contributed by atoms with Gasteiger partial charge in [0.2, 0.25) is 0 Å². The van der Waals surface area contributed by atoms with Gasteiger partial charge in [0.25, 0.3) is 0 Å². The first kappa shape index (κ1) is 16.3. The maximum Gasteiger partial charge on any atom is 0.126 e. The Morgan fingerprint density at radius 2 is 2.14 bits per heavy atom. The van der Waals surface area contributed by atoms with Gasteiger partial charge in [0, 0.05) is 5.56 Å². The molecule has 1 aromatic rings. The highest BCUT2D eigenvalue weighted by Crippen LogP contribution is 2.17. The van der Waals surface area contributed by atoms with Gasteiger partial charge in [0.05, 0.1) is 32.9 Å². The first-order valence-corrected chi connectivity index (χ1v) is 7.93. The van der Waals surface area contributed by atoms with Crippen LogP contribution in [0.5, 0.6) is 5.75 Å². The van der Waals surface area contributed by atoms with E-state index in [1.807, 2.05) is 24.3 Å². The van der Waals surface area contributed by atoms with Gasteiger partial charge in [0.1, 0.15) is 18.4 Å². The van der Waals surface area contributed by atoms with E-state index < -0.39 is 6.10 Å². The van der Waals surface area contributed by atoms with E-state index in [2.05, 4.69) is 6.92 Å². The van der Waals surface area contributed by atoms with E-state index in [0.717, 1.165) is 17.9 Å². The lowest BCUT2D eigenvalue weighted by atomic mass is 10.0. The largest absolute Gasteiger partial charge is 0.496 e. The van der Waals surface area contributed by atoms with Crippen LogP contribution < -0.4 is 9.64 Å².